The van der Waals surface area contributed by atoms with Crippen molar-refractivity contribution in [3.05, 3.63) is 65.5 Å². The zero-order chi connectivity index (χ0) is 14.9. The number of aromatic nitrogens is 1. The molecule has 1 amide bonds. The predicted octanol–water partition coefficient (Wildman–Crippen LogP) is 2.48. The van der Waals surface area contributed by atoms with Crippen molar-refractivity contribution in [2.75, 3.05) is 7.11 Å². The van der Waals surface area contributed by atoms with Gasteiger partial charge in [0.15, 0.2) is 0 Å². The third-order valence-electron chi connectivity index (χ3n) is 3.16. The van der Waals surface area contributed by atoms with Crippen LogP contribution < -0.4 is 5.32 Å². The average Bonchev–Trinajstić information content (AvgIpc) is 2.53. The number of nitrogens with one attached hydrogen (secondary N) is 1. The second-order valence-electron chi connectivity index (χ2n) is 4.89. The Morgan fingerprint density at radius 3 is 2.76 bits per heavy atom. The maximum atomic E-state index is 11.8. The number of carbonyl (C=O) groups excluding carboxylic acids is 1. The molecule has 0 aliphatic heterocycles. The molecule has 0 bridgehead atoms. The zero-order valence-electron chi connectivity index (χ0n) is 12.2. The van der Waals surface area contributed by atoms with Crippen molar-refractivity contribution in [2.24, 2.45) is 0 Å². The van der Waals surface area contributed by atoms with Gasteiger partial charge < -0.3 is 10.1 Å². The first-order valence-corrected chi connectivity index (χ1v) is 7.00. The molecule has 0 unspecified atom stereocenters. The maximum Gasteiger partial charge on any atom is 0.220 e. The highest BCUT2D eigenvalue weighted by molar-refractivity contribution is 5.76. The minimum absolute atomic E-state index is 0.0518. The van der Waals surface area contributed by atoms with Crippen molar-refractivity contribution in [2.45, 2.75) is 26.0 Å². The number of rotatable bonds is 7. The van der Waals surface area contributed by atoms with Crippen LogP contribution in [-0.2, 0) is 29.1 Å². The summed E-state index contributed by atoms with van der Waals surface area (Å²) in [6.07, 6.45) is 4.71. The third kappa shape index (κ3) is 5.36. The molecule has 0 radical (unpaired) electrons. The van der Waals surface area contributed by atoms with Crippen LogP contribution in [0.15, 0.2) is 48.8 Å². The van der Waals surface area contributed by atoms with Crippen LogP contribution in [0.2, 0.25) is 0 Å². The lowest BCUT2D eigenvalue weighted by atomic mass is 10.1. The van der Waals surface area contributed by atoms with Crippen molar-refractivity contribution in [1.82, 2.24) is 10.3 Å². The van der Waals surface area contributed by atoms with Gasteiger partial charge >= 0.3 is 0 Å². The molecular formula is C17H20N2O2. The van der Waals surface area contributed by atoms with Crippen LogP contribution in [0.1, 0.15) is 23.1 Å². The number of benzene rings is 1. The van der Waals surface area contributed by atoms with Gasteiger partial charge in [0.05, 0.1) is 6.61 Å². The quantitative estimate of drug-likeness (QED) is 0.850. The molecule has 1 N–H and O–H groups in total. The first kappa shape index (κ1) is 15.2. The number of aryl methyl sites for hydroxylation is 1. The SMILES string of the molecule is COCc1cccc(CNC(=O)CCc2cccnc2)c1. The fraction of sp³-hybridized carbons (Fsp3) is 0.294. The number of carbonyl (C=O) groups is 1. The van der Waals surface area contributed by atoms with Crippen LogP contribution in [0.3, 0.4) is 0 Å². The van der Waals surface area contributed by atoms with E-state index in [1.54, 1.807) is 19.5 Å². The number of amides is 1. The summed E-state index contributed by atoms with van der Waals surface area (Å²) < 4.78 is 5.10. The fourth-order valence-electron chi connectivity index (χ4n) is 2.09. The Hall–Kier alpha value is -2.20. The molecule has 0 fully saturated rings. The lowest BCUT2D eigenvalue weighted by Crippen LogP contribution is -2.23. The molecule has 110 valence electrons. The molecule has 4 nitrogen and oxygen atoms in total. The van der Waals surface area contributed by atoms with Gasteiger partial charge in [-0.15, -0.1) is 0 Å². The van der Waals surface area contributed by atoms with E-state index in [0.29, 0.717) is 26.0 Å². The van der Waals surface area contributed by atoms with Gasteiger partial charge in [-0.2, -0.15) is 0 Å². The van der Waals surface area contributed by atoms with Crippen LogP contribution in [0.5, 0.6) is 0 Å². The second kappa shape index (κ2) is 8.17. The number of methoxy groups -OCH3 is 1. The Morgan fingerprint density at radius 1 is 1.19 bits per heavy atom. The first-order chi connectivity index (χ1) is 10.3. The van der Waals surface area contributed by atoms with Crippen molar-refractivity contribution < 1.29 is 9.53 Å². The van der Waals surface area contributed by atoms with Gasteiger partial charge in [-0.3, -0.25) is 9.78 Å². The van der Waals surface area contributed by atoms with Crippen molar-refractivity contribution >= 4 is 5.91 Å². The molecule has 1 aromatic carbocycles. The van der Waals surface area contributed by atoms with Gasteiger partial charge in [0.25, 0.3) is 0 Å². The number of hydrogen-bond acceptors (Lipinski definition) is 3. The number of pyridine rings is 1. The lowest BCUT2D eigenvalue weighted by molar-refractivity contribution is -0.121. The smallest absolute Gasteiger partial charge is 0.220 e. The van der Waals surface area contributed by atoms with E-state index in [4.69, 9.17) is 4.74 Å². The van der Waals surface area contributed by atoms with Crippen LogP contribution in [-0.4, -0.2) is 18.0 Å². The van der Waals surface area contributed by atoms with Gasteiger partial charge in [0.2, 0.25) is 5.91 Å². The van der Waals surface area contributed by atoms with E-state index < -0.39 is 0 Å². The van der Waals surface area contributed by atoms with E-state index in [1.165, 1.54) is 0 Å². The summed E-state index contributed by atoms with van der Waals surface area (Å²) in [5.41, 5.74) is 3.27. The monoisotopic (exact) mass is 284 g/mol. The average molecular weight is 284 g/mol. The molecule has 0 saturated carbocycles. The third-order valence-corrected chi connectivity index (χ3v) is 3.16. The molecule has 0 saturated heterocycles. The van der Waals surface area contributed by atoms with Crippen LogP contribution in [0, 0.1) is 0 Å². The minimum atomic E-state index is 0.0518. The maximum absolute atomic E-state index is 11.8. The summed E-state index contributed by atoms with van der Waals surface area (Å²) in [7, 11) is 1.67. The lowest BCUT2D eigenvalue weighted by Gasteiger charge is -2.07. The first-order valence-electron chi connectivity index (χ1n) is 7.00. The Bertz CT molecular complexity index is 570. The second-order valence-corrected chi connectivity index (χ2v) is 4.89. The predicted molar refractivity (Wildman–Crippen MR) is 81.6 cm³/mol. The van der Waals surface area contributed by atoms with E-state index in [-0.39, 0.29) is 5.91 Å². The minimum Gasteiger partial charge on any atom is -0.380 e. The molecule has 0 spiro atoms. The Kier molecular flexibility index (Phi) is 5.91. The van der Waals surface area contributed by atoms with Crippen LogP contribution in [0.4, 0.5) is 0 Å². The van der Waals surface area contributed by atoms with E-state index in [9.17, 15) is 4.79 Å². The molecule has 2 rings (SSSR count). The summed E-state index contributed by atoms with van der Waals surface area (Å²) in [6.45, 7) is 1.13. The molecule has 1 heterocycles. The van der Waals surface area contributed by atoms with Gasteiger partial charge in [-0.25, -0.2) is 0 Å². The highest BCUT2D eigenvalue weighted by atomic mass is 16.5. The summed E-state index contributed by atoms with van der Waals surface area (Å²) in [6, 6.07) is 11.9. The van der Waals surface area contributed by atoms with Crippen molar-refractivity contribution in [3.63, 3.8) is 0 Å². The zero-order valence-corrected chi connectivity index (χ0v) is 12.2. The molecule has 0 aliphatic rings. The summed E-state index contributed by atoms with van der Waals surface area (Å²) >= 11 is 0. The van der Waals surface area contributed by atoms with Crippen LogP contribution in [0.25, 0.3) is 0 Å². The number of hydrogen-bond donors (Lipinski definition) is 1. The molecule has 2 aromatic rings. The topological polar surface area (TPSA) is 51.2 Å². The highest BCUT2D eigenvalue weighted by Gasteiger charge is 2.03. The normalized spacial score (nSPS) is 10.3. The van der Waals surface area contributed by atoms with Gasteiger partial charge in [-0.05, 0) is 29.2 Å². The standard InChI is InChI=1S/C17H20N2O2/c1-21-13-16-5-2-4-15(10-16)12-19-17(20)8-7-14-6-3-9-18-11-14/h2-6,9-11H,7-8,12-13H2,1H3,(H,19,20). The Morgan fingerprint density at radius 2 is 2.00 bits per heavy atom. The highest BCUT2D eigenvalue weighted by Crippen LogP contribution is 2.06. The van der Waals surface area contributed by atoms with E-state index in [1.807, 2.05) is 36.4 Å². The van der Waals surface area contributed by atoms with Gasteiger partial charge in [-0.1, -0.05) is 30.3 Å². The Balaban J connectivity index is 1.77. The van der Waals surface area contributed by atoms with Gasteiger partial charge in [0, 0.05) is 32.5 Å². The van der Waals surface area contributed by atoms with Crippen LogP contribution >= 0.6 is 0 Å². The largest absolute Gasteiger partial charge is 0.380 e. The van der Waals surface area contributed by atoms with Crippen molar-refractivity contribution in [1.29, 1.82) is 0 Å². The van der Waals surface area contributed by atoms with Gasteiger partial charge in [0.1, 0.15) is 0 Å². The fourth-order valence-corrected chi connectivity index (χ4v) is 2.09. The molecule has 0 aliphatic carbocycles. The summed E-state index contributed by atoms with van der Waals surface area (Å²) in [5, 5.41) is 2.94. The van der Waals surface area contributed by atoms with E-state index in [2.05, 4.69) is 10.3 Å². The molecule has 4 heteroatoms. The number of ether oxygens (including phenoxy) is 1. The van der Waals surface area contributed by atoms with E-state index >= 15 is 0 Å². The number of nitrogens with zero attached hydrogens (tertiary/aromatic N) is 1. The molecular weight excluding hydrogens is 264 g/mol. The molecule has 0 atom stereocenters. The summed E-state index contributed by atoms with van der Waals surface area (Å²) in [5.74, 6) is 0.0518. The van der Waals surface area contributed by atoms with E-state index in [0.717, 1.165) is 16.7 Å². The molecule has 21 heavy (non-hydrogen) atoms. The summed E-state index contributed by atoms with van der Waals surface area (Å²) in [4.78, 5) is 15.9. The molecule has 1 aromatic heterocycles. The van der Waals surface area contributed by atoms with Crippen molar-refractivity contribution in [3.8, 4) is 0 Å². The Labute approximate surface area is 125 Å².